The van der Waals surface area contributed by atoms with Gasteiger partial charge in [0, 0.05) is 36.5 Å². The van der Waals surface area contributed by atoms with Crippen LogP contribution in [0, 0.1) is 5.82 Å². The number of amides is 1. The topological polar surface area (TPSA) is 42.4 Å². The van der Waals surface area contributed by atoms with E-state index in [2.05, 4.69) is 11.6 Å². The molecule has 1 fully saturated rings. The zero-order valence-electron chi connectivity index (χ0n) is 16.8. The molecule has 0 N–H and O–H groups in total. The van der Waals surface area contributed by atoms with Gasteiger partial charge in [-0.05, 0) is 30.2 Å². The van der Waals surface area contributed by atoms with Crippen LogP contribution in [0.25, 0.3) is 10.6 Å². The van der Waals surface area contributed by atoms with E-state index in [0.717, 1.165) is 21.7 Å². The summed E-state index contributed by atoms with van der Waals surface area (Å²) in [7, 11) is 0. The van der Waals surface area contributed by atoms with Crippen LogP contribution in [-0.2, 0) is 10.3 Å². The molecule has 3 aromatic rings. The molecule has 0 radical (unpaired) electrons. The van der Waals surface area contributed by atoms with Crippen molar-refractivity contribution in [3.63, 3.8) is 0 Å². The van der Waals surface area contributed by atoms with Crippen LogP contribution < -0.4 is 0 Å². The van der Waals surface area contributed by atoms with Crippen molar-refractivity contribution in [1.29, 1.82) is 0 Å². The van der Waals surface area contributed by atoms with E-state index in [0.29, 0.717) is 19.4 Å². The highest BCUT2D eigenvalue weighted by atomic mass is 32.1. The van der Waals surface area contributed by atoms with Crippen LogP contribution in [0.3, 0.4) is 0 Å². The van der Waals surface area contributed by atoms with Crippen LogP contribution in [-0.4, -0.2) is 22.5 Å². The number of ether oxygens (including phenoxy) is 1. The lowest BCUT2D eigenvalue weighted by atomic mass is 9.85. The molecular formula is C24H23FN2O2S. The fraction of sp³-hybridized carbons (Fsp3) is 0.250. The van der Waals surface area contributed by atoms with E-state index in [1.807, 2.05) is 36.6 Å². The summed E-state index contributed by atoms with van der Waals surface area (Å²) in [6, 6.07) is 14.1. The predicted octanol–water partition coefficient (Wildman–Crippen LogP) is 6.32. The lowest BCUT2D eigenvalue weighted by molar-refractivity contribution is -0.0588. The van der Waals surface area contributed by atoms with Gasteiger partial charge in [-0.25, -0.2) is 14.2 Å². The Bertz CT molecular complexity index is 1020. The molecule has 0 unspecified atom stereocenters. The van der Waals surface area contributed by atoms with Crippen LogP contribution in [0.1, 0.15) is 36.9 Å². The molecule has 2 atom stereocenters. The first-order valence-electron chi connectivity index (χ1n) is 9.89. The predicted molar refractivity (Wildman–Crippen MR) is 117 cm³/mol. The number of aromatic nitrogens is 1. The van der Waals surface area contributed by atoms with Crippen LogP contribution in [0.5, 0.6) is 0 Å². The number of thiazole rings is 1. The van der Waals surface area contributed by atoms with E-state index in [1.54, 1.807) is 40.6 Å². The van der Waals surface area contributed by atoms with Gasteiger partial charge in [0.15, 0.2) is 0 Å². The summed E-state index contributed by atoms with van der Waals surface area (Å²) in [4.78, 5) is 19.1. The Labute approximate surface area is 179 Å². The molecule has 154 valence electrons. The Kier molecular flexibility index (Phi) is 5.68. The van der Waals surface area contributed by atoms with Crippen LogP contribution >= 0.6 is 11.3 Å². The summed E-state index contributed by atoms with van der Waals surface area (Å²) in [6.45, 7) is 6.35. The fourth-order valence-electron chi connectivity index (χ4n) is 3.92. The monoisotopic (exact) mass is 422 g/mol. The van der Waals surface area contributed by atoms with Crippen molar-refractivity contribution < 1.29 is 13.9 Å². The maximum absolute atomic E-state index is 13.4. The Hall–Kier alpha value is -2.99. The standard InChI is InChI=1S/C24H23FN2O2S/c1-3-12-24(20-8-10-21(25)11-9-20)13-15-27(23(28)29-24)17(2)18-4-6-19(7-5-18)22-26-14-16-30-22/h3-11,14,16-17H,1,12-13,15H2,2H3/t17-,24+/m0/s1. The molecule has 1 saturated heterocycles. The first-order chi connectivity index (χ1) is 14.5. The third-order valence-corrected chi connectivity index (χ3v) is 6.48. The minimum atomic E-state index is -0.808. The van der Waals surface area contributed by atoms with E-state index in [9.17, 15) is 9.18 Å². The van der Waals surface area contributed by atoms with E-state index in [4.69, 9.17) is 4.74 Å². The molecule has 1 aromatic heterocycles. The summed E-state index contributed by atoms with van der Waals surface area (Å²) >= 11 is 1.59. The normalized spacial score (nSPS) is 19.9. The third kappa shape index (κ3) is 3.87. The average molecular weight is 423 g/mol. The van der Waals surface area contributed by atoms with Gasteiger partial charge in [0.2, 0.25) is 0 Å². The summed E-state index contributed by atoms with van der Waals surface area (Å²) in [5, 5.41) is 2.92. The maximum Gasteiger partial charge on any atom is 0.411 e. The van der Waals surface area contributed by atoms with Gasteiger partial charge in [0.1, 0.15) is 16.4 Å². The van der Waals surface area contributed by atoms with E-state index in [1.165, 1.54) is 12.1 Å². The Balaban J connectivity index is 1.52. The van der Waals surface area contributed by atoms with Gasteiger partial charge < -0.3 is 9.64 Å². The number of carbonyl (C=O) groups excluding carboxylic acids is 1. The molecule has 1 aliphatic rings. The second-order valence-electron chi connectivity index (χ2n) is 7.44. The second-order valence-corrected chi connectivity index (χ2v) is 8.34. The van der Waals surface area contributed by atoms with Gasteiger partial charge in [0.05, 0.1) is 6.04 Å². The SMILES string of the molecule is C=CC[C@]1(c2ccc(F)cc2)CCN([C@@H](C)c2ccc(-c3nccs3)cc2)C(=O)O1. The minimum absolute atomic E-state index is 0.127. The lowest BCUT2D eigenvalue weighted by Gasteiger charge is -2.43. The molecule has 6 heteroatoms. The number of rotatable bonds is 6. The van der Waals surface area contributed by atoms with Gasteiger partial charge in [-0.1, -0.05) is 42.5 Å². The summed E-state index contributed by atoms with van der Waals surface area (Å²) in [6.07, 6.45) is 4.25. The highest BCUT2D eigenvalue weighted by Gasteiger charge is 2.42. The molecule has 0 bridgehead atoms. The van der Waals surface area contributed by atoms with E-state index in [-0.39, 0.29) is 18.0 Å². The number of hydrogen-bond acceptors (Lipinski definition) is 4. The summed E-state index contributed by atoms with van der Waals surface area (Å²) < 4.78 is 19.3. The van der Waals surface area contributed by atoms with E-state index < -0.39 is 5.60 Å². The van der Waals surface area contributed by atoms with Gasteiger partial charge in [-0.15, -0.1) is 17.9 Å². The number of benzene rings is 2. The largest absolute Gasteiger partial charge is 0.437 e. The second kappa shape index (κ2) is 8.40. The molecular weight excluding hydrogens is 399 g/mol. The zero-order chi connectivity index (χ0) is 21.1. The van der Waals surface area contributed by atoms with Crippen LogP contribution in [0.15, 0.2) is 72.8 Å². The highest BCUT2D eigenvalue weighted by Crippen LogP contribution is 2.40. The highest BCUT2D eigenvalue weighted by molar-refractivity contribution is 7.13. The first kappa shape index (κ1) is 20.3. The van der Waals surface area contributed by atoms with Gasteiger partial charge in [0.25, 0.3) is 0 Å². The van der Waals surface area contributed by atoms with Crippen LogP contribution in [0.4, 0.5) is 9.18 Å². The Morgan fingerprint density at radius 1 is 1.27 bits per heavy atom. The lowest BCUT2D eigenvalue weighted by Crippen LogP contribution is -2.48. The van der Waals surface area contributed by atoms with Crippen LogP contribution in [0.2, 0.25) is 0 Å². The fourth-order valence-corrected chi connectivity index (χ4v) is 4.57. The molecule has 2 aromatic carbocycles. The quantitative estimate of drug-likeness (QED) is 0.436. The van der Waals surface area contributed by atoms with Gasteiger partial charge in [-0.2, -0.15) is 0 Å². The number of hydrogen-bond donors (Lipinski definition) is 0. The van der Waals surface area contributed by atoms with Crippen molar-refractivity contribution >= 4 is 17.4 Å². The van der Waals surface area contributed by atoms with E-state index >= 15 is 0 Å². The summed E-state index contributed by atoms with van der Waals surface area (Å²) in [5.41, 5.74) is 2.07. The van der Waals surface area contributed by atoms with Crippen molar-refractivity contribution in [1.82, 2.24) is 9.88 Å². The molecule has 2 heterocycles. The molecule has 4 nitrogen and oxygen atoms in total. The Morgan fingerprint density at radius 3 is 2.60 bits per heavy atom. The van der Waals surface area contributed by atoms with Crippen molar-refractivity contribution in [2.24, 2.45) is 0 Å². The number of cyclic esters (lactones) is 1. The molecule has 30 heavy (non-hydrogen) atoms. The van der Waals surface area contributed by atoms with Crippen molar-refractivity contribution in [3.05, 3.63) is 89.7 Å². The summed E-state index contributed by atoms with van der Waals surface area (Å²) in [5.74, 6) is -0.314. The number of nitrogens with zero attached hydrogens (tertiary/aromatic N) is 2. The molecule has 1 amide bonds. The number of carbonyl (C=O) groups is 1. The van der Waals surface area contributed by atoms with Crippen molar-refractivity contribution in [2.75, 3.05) is 6.54 Å². The average Bonchev–Trinajstić information content (AvgIpc) is 3.29. The Morgan fingerprint density at radius 2 is 2.00 bits per heavy atom. The van der Waals surface area contributed by atoms with Gasteiger partial charge >= 0.3 is 6.09 Å². The minimum Gasteiger partial charge on any atom is -0.437 e. The molecule has 4 rings (SSSR count). The first-order valence-corrected chi connectivity index (χ1v) is 10.8. The smallest absolute Gasteiger partial charge is 0.411 e. The zero-order valence-corrected chi connectivity index (χ0v) is 17.6. The molecule has 1 aliphatic heterocycles. The molecule has 0 saturated carbocycles. The van der Waals surface area contributed by atoms with Crippen molar-refractivity contribution in [2.45, 2.75) is 31.4 Å². The van der Waals surface area contributed by atoms with Crippen molar-refractivity contribution in [3.8, 4) is 10.6 Å². The number of halogens is 1. The third-order valence-electron chi connectivity index (χ3n) is 5.66. The van der Waals surface area contributed by atoms with Gasteiger partial charge in [-0.3, -0.25) is 0 Å². The molecule has 0 aliphatic carbocycles. The molecule has 0 spiro atoms. The maximum atomic E-state index is 13.4.